The maximum atomic E-state index is 10.5. The highest BCUT2D eigenvalue weighted by atomic mass is 16.3. The topological polar surface area (TPSA) is 43.7 Å². The molecule has 0 aromatic carbocycles. The molecule has 0 amide bonds. The summed E-state index contributed by atoms with van der Waals surface area (Å²) in [6.07, 6.45) is 16.1. The van der Waals surface area contributed by atoms with E-state index in [-0.39, 0.29) is 12.0 Å². The van der Waals surface area contributed by atoms with Crippen LogP contribution in [0.1, 0.15) is 71.6 Å². The Morgan fingerprint density at radius 3 is 2.73 bits per heavy atom. The van der Waals surface area contributed by atoms with Gasteiger partial charge in [0.15, 0.2) is 0 Å². The van der Waals surface area contributed by atoms with Crippen LogP contribution in [0.3, 0.4) is 0 Å². The predicted octanol–water partition coefficient (Wildman–Crippen LogP) is 4.55. The Kier molecular flexibility index (Phi) is 8.38. The third kappa shape index (κ3) is 6.51. The van der Waals surface area contributed by atoms with Crippen molar-refractivity contribution in [3.8, 4) is 0 Å². The minimum atomic E-state index is -0.610. The highest BCUT2D eigenvalue weighted by Crippen LogP contribution is 2.48. The number of rotatable bonds is 11. The van der Waals surface area contributed by atoms with E-state index in [2.05, 4.69) is 44.1 Å². The highest BCUT2D eigenvalue weighted by molar-refractivity contribution is 5.20. The fourth-order valence-electron chi connectivity index (χ4n) is 4.71. The summed E-state index contributed by atoms with van der Waals surface area (Å²) in [7, 11) is 4.27. The summed E-state index contributed by atoms with van der Waals surface area (Å²) in [6, 6.07) is 0. The summed E-state index contributed by atoms with van der Waals surface area (Å²) in [5, 5.41) is 20.9. The van der Waals surface area contributed by atoms with Crippen molar-refractivity contribution in [3.63, 3.8) is 0 Å². The second kappa shape index (κ2) is 10.1. The van der Waals surface area contributed by atoms with Gasteiger partial charge in [-0.05, 0) is 84.3 Å². The lowest BCUT2D eigenvalue weighted by Crippen LogP contribution is -2.23. The molecule has 150 valence electrons. The van der Waals surface area contributed by atoms with Gasteiger partial charge in [-0.3, -0.25) is 0 Å². The fraction of sp³-hybridized carbons (Fsp3) is 0.826. The number of fused-ring (bicyclic) bond motifs is 1. The monoisotopic (exact) mass is 363 g/mol. The van der Waals surface area contributed by atoms with Crippen molar-refractivity contribution in [1.29, 1.82) is 0 Å². The molecule has 1 fully saturated rings. The number of allylic oxidation sites excluding steroid dienone is 2. The molecule has 2 N–H and O–H groups in total. The van der Waals surface area contributed by atoms with E-state index in [9.17, 15) is 10.2 Å². The lowest BCUT2D eigenvalue weighted by atomic mass is 9.87. The molecule has 0 saturated heterocycles. The van der Waals surface area contributed by atoms with Gasteiger partial charge in [0.2, 0.25) is 0 Å². The van der Waals surface area contributed by atoms with Crippen LogP contribution in [0.15, 0.2) is 23.8 Å². The maximum Gasteiger partial charge on any atom is 0.0654 e. The average Bonchev–Trinajstić information content (AvgIpc) is 3.07. The normalized spacial score (nSPS) is 30.8. The Bertz CT molecular complexity index is 481. The van der Waals surface area contributed by atoms with Crippen molar-refractivity contribution in [3.05, 3.63) is 23.8 Å². The molecule has 2 aliphatic rings. The molecule has 0 unspecified atom stereocenters. The molecule has 2 rings (SSSR count). The molecule has 5 atom stereocenters. The first-order valence-corrected chi connectivity index (χ1v) is 10.7. The quantitative estimate of drug-likeness (QED) is 0.418. The van der Waals surface area contributed by atoms with Crippen molar-refractivity contribution in [2.75, 3.05) is 20.6 Å². The zero-order valence-electron chi connectivity index (χ0n) is 17.5. The van der Waals surface area contributed by atoms with Crippen molar-refractivity contribution < 1.29 is 10.2 Å². The molecule has 0 spiro atoms. The Labute approximate surface area is 161 Å². The minimum absolute atomic E-state index is 0.214. The second-order valence-corrected chi connectivity index (χ2v) is 9.23. The molecule has 26 heavy (non-hydrogen) atoms. The summed E-state index contributed by atoms with van der Waals surface area (Å²) in [4.78, 5) is 2.25. The first kappa shape index (κ1) is 21.7. The molecule has 0 bridgehead atoms. The number of nitrogens with zero attached hydrogens (tertiary/aromatic N) is 1. The van der Waals surface area contributed by atoms with Crippen LogP contribution < -0.4 is 0 Å². The van der Waals surface area contributed by atoms with Gasteiger partial charge in [-0.15, -0.1) is 0 Å². The van der Waals surface area contributed by atoms with Crippen LogP contribution in [-0.4, -0.2) is 47.5 Å². The first-order chi connectivity index (χ1) is 12.3. The lowest BCUT2D eigenvalue weighted by molar-refractivity contribution is 0.0513. The van der Waals surface area contributed by atoms with Crippen LogP contribution in [0.25, 0.3) is 0 Å². The molecule has 3 nitrogen and oxygen atoms in total. The van der Waals surface area contributed by atoms with Gasteiger partial charge in [0, 0.05) is 5.92 Å². The maximum absolute atomic E-state index is 10.5. The second-order valence-electron chi connectivity index (χ2n) is 9.23. The van der Waals surface area contributed by atoms with Gasteiger partial charge < -0.3 is 15.1 Å². The van der Waals surface area contributed by atoms with Crippen LogP contribution in [-0.2, 0) is 0 Å². The molecule has 1 saturated carbocycles. The van der Waals surface area contributed by atoms with Gasteiger partial charge in [0.25, 0.3) is 0 Å². The molecule has 0 aliphatic heterocycles. The number of aliphatic hydroxyl groups is 2. The zero-order chi connectivity index (χ0) is 19.2. The zero-order valence-corrected chi connectivity index (χ0v) is 17.5. The molecule has 0 aromatic heterocycles. The van der Waals surface area contributed by atoms with Crippen LogP contribution in [0.5, 0.6) is 0 Å². The van der Waals surface area contributed by atoms with Crippen LogP contribution in [0.4, 0.5) is 0 Å². The SMILES string of the molecule is CCCC[C@](C)(O)C/C=C/[C@@H]1[C@H]2CC(CCCCN(C)C)=C[C@H]2C[C@H]1O. The Morgan fingerprint density at radius 1 is 1.27 bits per heavy atom. The smallest absolute Gasteiger partial charge is 0.0654 e. The molecule has 0 radical (unpaired) electrons. The van der Waals surface area contributed by atoms with Crippen molar-refractivity contribution in [1.82, 2.24) is 4.90 Å². The Morgan fingerprint density at radius 2 is 2.04 bits per heavy atom. The molecule has 2 aliphatic carbocycles. The minimum Gasteiger partial charge on any atom is -0.392 e. The van der Waals surface area contributed by atoms with E-state index in [1.54, 1.807) is 5.57 Å². The van der Waals surface area contributed by atoms with E-state index in [1.165, 1.54) is 25.8 Å². The van der Waals surface area contributed by atoms with Gasteiger partial charge in [-0.2, -0.15) is 0 Å². The first-order valence-electron chi connectivity index (χ1n) is 10.7. The van der Waals surface area contributed by atoms with Crippen molar-refractivity contribution in [2.24, 2.45) is 17.8 Å². The van der Waals surface area contributed by atoms with Gasteiger partial charge >= 0.3 is 0 Å². The average molecular weight is 364 g/mol. The van der Waals surface area contributed by atoms with Crippen LogP contribution in [0.2, 0.25) is 0 Å². The van der Waals surface area contributed by atoms with Crippen LogP contribution in [0, 0.1) is 17.8 Å². The summed E-state index contributed by atoms with van der Waals surface area (Å²) >= 11 is 0. The molecule has 0 heterocycles. The van der Waals surface area contributed by atoms with E-state index in [0.29, 0.717) is 18.3 Å². The van der Waals surface area contributed by atoms with E-state index < -0.39 is 5.60 Å². The summed E-state index contributed by atoms with van der Waals surface area (Å²) in [5.74, 6) is 1.40. The summed E-state index contributed by atoms with van der Waals surface area (Å²) in [6.45, 7) is 5.26. The number of hydrogen-bond donors (Lipinski definition) is 2. The third-order valence-electron chi connectivity index (χ3n) is 6.29. The van der Waals surface area contributed by atoms with E-state index in [1.807, 2.05) is 6.92 Å². The van der Waals surface area contributed by atoms with Crippen molar-refractivity contribution in [2.45, 2.75) is 83.3 Å². The van der Waals surface area contributed by atoms with Gasteiger partial charge in [-0.25, -0.2) is 0 Å². The Hall–Kier alpha value is -0.640. The largest absolute Gasteiger partial charge is 0.392 e. The van der Waals surface area contributed by atoms with E-state index in [0.717, 1.165) is 32.1 Å². The molecule has 3 heteroatoms. The van der Waals surface area contributed by atoms with Gasteiger partial charge in [0.05, 0.1) is 11.7 Å². The highest BCUT2D eigenvalue weighted by Gasteiger charge is 2.43. The van der Waals surface area contributed by atoms with Crippen molar-refractivity contribution >= 4 is 0 Å². The van der Waals surface area contributed by atoms with Crippen LogP contribution >= 0.6 is 0 Å². The number of hydrogen-bond acceptors (Lipinski definition) is 3. The van der Waals surface area contributed by atoms with E-state index >= 15 is 0 Å². The number of unbranched alkanes of at least 4 members (excludes halogenated alkanes) is 2. The van der Waals surface area contributed by atoms with Gasteiger partial charge in [-0.1, -0.05) is 43.6 Å². The molecular weight excluding hydrogens is 322 g/mol. The third-order valence-corrected chi connectivity index (χ3v) is 6.29. The summed E-state index contributed by atoms with van der Waals surface area (Å²) in [5.41, 5.74) is 1.00. The molecular formula is C23H41NO2. The van der Waals surface area contributed by atoms with E-state index in [4.69, 9.17) is 0 Å². The standard InChI is InChI=1S/C23H41NO2/c1-5-6-12-23(2,26)13-9-11-20-21-16-18(10-7-8-14-24(3)4)15-19(21)17-22(20)25/h9,11,15,19-22,25-26H,5-8,10,12-14,16-17H2,1-4H3/b11-9+/t19-,20+,21-,22+,23-/m0/s1. The predicted molar refractivity (Wildman–Crippen MR) is 110 cm³/mol. The Balaban J connectivity index is 1.80. The lowest BCUT2D eigenvalue weighted by Gasteiger charge is -2.22. The number of aliphatic hydroxyl groups excluding tert-OH is 1. The molecule has 0 aromatic rings. The fourth-order valence-corrected chi connectivity index (χ4v) is 4.71. The summed E-state index contributed by atoms with van der Waals surface area (Å²) < 4.78 is 0. The van der Waals surface area contributed by atoms with Gasteiger partial charge in [0.1, 0.15) is 0 Å².